The van der Waals surface area contributed by atoms with Gasteiger partial charge in [0.2, 0.25) is 0 Å². The lowest BCUT2D eigenvalue weighted by molar-refractivity contribution is -0.669. The van der Waals surface area contributed by atoms with E-state index in [-0.39, 0.29) is 28.9 Å². The van der Waals surface area contributed by atoms with Gasteiger partial charge in [0, 0.05) is 12.0 Å². The number of hydrogen-bond donors (Lipinski definition) is 2. The second-order valence-electron chi connectivity index (χ2n) is 9.62. The molecule has 3 N–H and O–H groups in total. The number of benzene rings is 2. The Morgan fingerprint density at radius 2 is 1.65 bits per heavy atom. The average Bonchev–Trinajstić information content (AvgIpc) is 2.88. The molecule has 0 amide bonds. The molecular formula is C29H37NO4. The van der Waals surface area contributed by atoms with Crippen LogP contribution in [0.15, 0.2) is 66.2 Å². The Balaban J connectivity index is 0.000000229. The molecule has 4 rings (SSSR count). The zero-order valence-corrected chi connectivity index (χ0v) is 20.3. The highest BCUT2D eigenvalue weighted by atomic mass is 16.4. The van der Waals surface area contributed by atoms with Gasteiger partial charge in [-0.15, -0.1) is 0 Å². The van der Waals surface area contributed by atoms with Crippen LogP contribution in [0.2, 0.25) is 0 Å². The van der Waals surface area contributed by atoms with E-state index in [1.165, 1.54) is 37.0 Å². The lowest BCUT2D eigenvalue weighted by atomic mass is 9.62. The van der Waals surface area contributed by atoms with Gasteiger partial charge in [0.15, 0.2) is 5.78 Å². The molecule has 2 aliphatic carbocycles. The number of nitrogens with two attached hydrogens (primary N) is 1. The molecule has 1 saturated carbocycles. The Bertz CT molecular complexity index is 983. The van der Waals surface area contributed by atoms with E-state index >= 15 is 0 Å². The normalized spacial score (nSPS) is 21.2. The molecule has 3 atom stereocenters. The van der Waals surface area contributed by atoms with Crippen LogP contribution >= 0.6 is 0 Å². The Labute approximate surface area is 202 Å². The fraction of sp³-hybridized carbons (Fsp3) is 0.448. The maximum absolute atomic E-state index is 12.7. The summed E-state index contributed by atoms with van der Waals surface area (Å²) in [6.07, 6.45) is 10.7. The van der Waals surface area contributed by atoms with Gasteiger partial charge in [0.1, 0.15) is 12.1 Å². The average molecular weight is 464 g/mol. The van der Waals surface area contributed by atoms with E-state index in [0.717, 1.165) is 31.2 Å². The number of carbonyl (C=O) groups excluding carboxylic acids is 2. The minimum absolute atomic E-state index is 0.0700. The summed E-state index contributed by atoms with van der Waals surface area (Å²) in [7, 11) is 1.97. The van der Waals surface area contributed by atoms with Crippen molar-refractivity contribution in [3.05, 3.63) is 82.9 Å². The van der Waals surface area contributed by atoms with Crippen LogP contribution in [0.3, 0.4) is 0 Å². The number of hydrogen-bond acceptors (Lipinski definition) is 4. The monoisotopic (exact) mass is 463 g/mol. The topological polar surface area (TPSA) is 94.0 Å². The quantitative estimate of drug-likeness (QED) is 0.485. The molecule has 0 aromatic heterocycles. The molecule has 0 heterocycles. The maximum atomic E-state index is 12.7. The number of aliphatic hydroxyl groups is 1. The van der Waals surface area contributed by atoms with Crippen LogP contribution in [0.4, 0.5) is 0 Å². The van der Waals surface area contributed by atoms with Crippen molar-refractivity contribution < 1.29 is 25.1 Å². The number of likely N-dealkylation sites (N-methyl/N-ethyl adjacent to an activating group) is 1. The molecule has 0 aliphatic heterocycles. The Hall–Kier alpha value is -2.76. The lowest BCUT2D eigenvalue weighted by Crippen LogP contribution is -2.86. The molecule has 2 unspecified atom stereocenters. The highest BCUT2D eigenvalue weighted by molar-refractivity contribution is 5.97. The van der Waals surface area contributed by atoms with Gasteiger partial charge in [0.05, 0.1) is 13.0 Å². The molecule has 0 spiro atoms. The molecule has 2 aromatic carbocycles. The van der Waals surface area contributed by atoms with Crippen LogP contribution in [0.5, 0.6) is 0 Å². The Morgan fingerprint density at radius 3 is 2.29 bits per heavy atom. The molecule has 0 saturated heterocycles. The first-order valence-electron chi connectivity index (χ1n) is 12.4. The van der Waals surface area contributed by atoms with E-state index < -0.39 is 5.97 Å². The minimum atomic E-state index is -1.21. The zero-order chi connectivity index (χ0) is 24.6. The number of carbonyl (C=O) groups is 2. The van der Waals surface area contributed by atoms with Crippen LogP contribution in [0.1, 0.15) is 90.7 Å². The molecule has 182 valence electrons. The van der Waals surface area contributed by atoms with E-state index in [0.29, 0.717) is 12.0 Å². The highest BCUT2D eigenvalue weighted by Gasteiger charge is 2.39. The van der Waals surface area contributed by atoms with Crippen LogP contribution in [-0.2, 0) is 0 Å². The van der Waals surface area contributed by atoms with Crippen LogP contribution < -0.4 is 10.4 Å². The number of allylic oxidation sites excluding steroid dienone is 2. The van der Waals surface area contributed by atoms with Gasteiger partial charge in [-0.2, -0.15) is 0 Å². The summed E-state index contributed by atoms with van der Waals surface area (Å²) in [6, 6.07) is 16.1. The van der Waals surface area contributed by atoms with Gasteiger partial charge >= 0.3 is 0 Å². The molecule has 34 heavy (non-hydrogen) atoms. The third kappa shape index (κ3) is 6.43. The molecule has 0 bridgehead atoms. The third-order valence-corrected chi connectivity index (χ3v) is 7.39. The van der Waals surface area contributed by atoms with Gasteiger partial charge in [0.25, 0.3) is 0 Å². The smallest absolute Gasteiger partial charge is 0.163 e. The Morgan fingerprint density at radius 1 is 1.00 bits per heavy atom. The van der Waals surface area contributed by atoms with Crippen molar-refractivity contribution >= 4 is 11.8 Å². The largest absolute Gasteiger partial charge is 0.545 e. The molecule has 2 aromatic rings. The molecule has 2 aliphatic rings. The van der Waals surface area contributed by atoms with Crippen molar-refractivity contribution in [3.8, 4) is 0 Å². The predicted octanol–water partition coefficient (Wildman–Crippen LogP) is 3.60. The van der Waals surface area contributed by atoms with Crippen molar-refractivity contribution in [1.82, 2.24) is 0 Å². The van der Waals surface area contributed by atoms with Crippen LogP contribution in [-0.4, -0.2) is 29.9 Å². The summed E-state index contributed by atoms with van der Waals surface area (Å²) in [5.74, 6) is -1.08. The van der Waals surface area contributed by atoms with Crippen molar-refractivity contribution in [2.24, 2.45) is 5.41 Å². The number of aromatic carboxylic acids is 1. The number of carboxylic acids is 1. The van der Waals surface area contributed by atoms with E-state index in [4.69, 9.17) is 0 Å². The van der Waals surface area contributed by atoms with Crippen molar-refractivity contribution in [1.29, 1.82) is 0 Å². The standard InChI is InChI=1S/C19H22O3.C10H15NO/c20-17(14-7-9-15(10-8-14)18(21)22)13-19-11-3-1-5-16(19)6-2-4-12-19;1-8(11-2)10(12)9-6-4-3-5-7-9/h5,7-10H,1-4,6,11-13H2,(H,21,22);3-8,10-12H,1-2H3/t19-;/m0./s1. The first kappa shape index (κ1) is 25.9. The number of quaternary nitrogens is 1. The van der Waals surface area contributed by atoms with Crippen LogP contribution in [0.25, 0.3) is 0 Å². The van der Waals surface area contributed by atoms with Crippen molar-refractivity contribution in [2.75, 3.05) is 7.05 Å². The zero-order valence-electron chi connectivity index (χ0n) is 20.3. The fourth-order valence-electron chi connectivity index (χ4n) is 5.15. The number of ketones is 1. The molecule has 0 radical (unpaired) electrons. The maximum Gasteiger partial charge on any atom is 0.163 e. The van der Waals surface area contributed by atoms with Gasteiger partial charge in [-0.1, -0.05) is 72.7 Å². The third-order valence-electron chi connectivity index (χ3n) is 7.39. The van der Waals surface area contributed by atoms with E-state index in [1.807, 2.05) is 49.6 Å². The summed E-state index contributed by atoms with van der Waals surface area (Å²) in [4.78, 5) is 23.4. The highest BCUT2D eigenvalue weighted by Crippen LogP contribution is 2.50. The minimum Gasteiger partial charge on any atom is -0.545 e. The summed E-state index contributed by atoms with van der Waals surface area (Å²) in [5, 5.41) is 22.6. The number of fused-ring (bicyclic) bond motifs is 1. The van der Waals surface area contributed by atoms with E-state index in [9.17, 15) is 19.8 Å². The molecule has 5 nitrogen and oxygen atoms in total. The van der Waals surface area contributed by atoms with E-state index in [1.54, 1.807) is 12.1 Å². The lowest BCUT2D eigenvalue weighted by Gasteiger charge is -2.42. The van der Waals surface area contributed by atoms with Crippen molar-refractivity contribution in [3.63, 3.8) is 0 Å². The summed E-state index contributed by atoms with van der Waals surface area (Å²) >= 11 is 0. The molecule has 1 fully saturated rings. The Kier molecular flexibility index (Phi) is 9.20. The molecule has 5 heteroatoms. The summed E-state index contributed by atoms with van der Waals surface area (Å²) < 4.78 is 0. The fourth-order valence-corrected chi connectivity index (χ4v) is 5.15. The van der Waals surface area contributed by atoms with Gasteiger partial charge in [-0.25, -0.2) is 0 Å². The van der Waals surface area contributed by atoms with Crippen LogP contribution in [0, 0.1) is 5.41 Å². The second-order valence-corrected chi connectivity index (χ2v) is 9.62. The van der Waals surface area contributed by atoms with Gasteiger partial charge in [-0.05, 0) is 62.0 Å². The number of carboxylic acid groups (broad SMARTS) is 1. The summed E-state index contributed by atoms with van der Waals surface area (Å²) in [5.41, 5.74) is 3.27. The molecular weight excluding hydrogens is 426 g/mol. The van der Waals surface area contributed by atoms with Gasteiger partial charge in [-0.3, -0.25) is 4.79 Å². The first-order valence-corrected chi connectivity index (χ1v) is 12.4. The number of rotatable bonds is 7. The summed E-state index contributed by atoms with van der Waals surface area (Å²) in [6.45, 7) is 2.01. The SMILES string of the molecule is C[NH2+]C(C)C(O)c1ccccc1.O=C([O-])c1ccc(C(=O)C[C@@]23CCCC=C2CCCC3)cc1. The second kappa shape index (κ2) is 12.1. The first-order chi connectivity index (χ1) is 16.4. The predicted molar refractivity (Wildman–Crippen MR) is 131 cm³/mol. The van der Waals surface area contributed by atoms with Gasteiger partial charge < -0.3 is 20.3 Å². The number of Topliss-reactive ketones (excluding diaryl/α,β-unsaturated/α-hetero) is 1. The van der Waals surface area contributed by atoms with E-state index in [2.05, 4.69) is 6.08 Å². The number of aliphatic hydroxyl groups excluding tert-OH is 1. The van der Waals surface area contributed by atoms with Crippen molar-refractivity contribution in [2.45, 2.75) is 70.4 Å².